The lowest BCUT2D eigenvalue weighted by molar-refractivity contribution is 0.191. The van der Waals surface area contributed by atoms with E-state index in [2.05, 4.69) is 66.9 Å². The first-order chi connectivity index (χ1) is 10.8. The topological polar surface area (TPSA) is 24.5 Å². The Hall–Kier alpha value is -0.770. The maximum Gasteiger partial charge on any atom is 0.119 e. The number of halogens is 1. The van der Waals surface area contributed by atoms with Crippen LogP contribution in [-0.4, -0.2) is 50.6 Å². The predicted octanol–water partition coefficient (Wildman–Crippen LogP) is 3.80. The van der Waals surface area contributed by atoms with Crippen molar-refractivity contribution in [1.29, 1.82) is 0 Å². The lowest BCUT2D eigenvalue weighted by Crippen LogP contribution is -2.44. The van der Waals surface area contributed by atoms with Gasteiger partial charge in [0.2, 0.25) is 0 Å². The Morgan fingerprint density at radius 2 is 1.59 bits per heavy atom. The number of rotatable bonds is 5. The van der Waals surface area contributed by atoms with Crippen LogP contribution in [0.1, 0.15) is 32.8 Å². The van der Waals surface area contributed by atoms with Crippen molar-refractivity contribution in [1.82, 2.24) is 10.2 Å². The van der Waals surface area contributed by atoms with Crippen molar-refractivity contribution >= 4 is 11.6 Å². The third kappa shape index (κ3) is 10.0. The Morgan fingerprint density at radius 1 is 1.05 bits per heavy atom. The van der Waals surface area contributed by atoms with Gasteiger partial charge in [0.1, 0.15) is 12.4 Å². The standard InChI is InChI=1S/C14H22N2O.C3H8.CH3Cl/c1-2-13-3-5-14(6-4-13)17-12-11-16-9-7-15-8-10-16;1-3-2;1-2/h3-6,15H,2,7-12H2,1H3;3H2,1-2H3;1H3. The van der Waals surface area contributed by atoms with Gasteiger partial charge in [-0.25, -0.2) is 0 Å². The fourth-order valence-electron chi connectivity index (χ4n) is 2.05. The van der Waals surface area contributed by atoms with Crippen LogP contribution in [0.5, 0.6) is 5.75 Å². The average Bonchev–Trinajstić information content (AvgIpc) is 2.59. The number of ether oxygens (including phenoxy) is 1. The smallest absolute Gasteiger partial charge is 0.119 e. The molecule has 0 saturated carbocycles. The summed E-state index contributed by atoms with van der Waals surface area (Å²) in [6, 6.07) is 8.41. The molecule has 0 unspecified atom stereocenters. The molecule has 1 aliphatic heterocycles. The van der Waals surface area contributed by atoms with Gasteiger partial charge in [0.05, 0.1) is 0 Å². The third-order valence-corrected chi connectivity index (χ3v) is 3.22. The molecule has 1 N–H and O–H groups in total. The minimum absolute atomic E-state index is 0.783. The van der Waals surface area contributed by atoms with Gasteiger partial charge in [0.15, 0.2) is 0 Å². The Morgan fingerprint density at radius 3 is 2.09 bits per heavy atom. The molecule has 0 spiro atoms. The number of hydrogen-bond acceptors (Lipinski definition) is 3. The zero-order valence-corrected chi connectivity index (χ0v) is 15.5. The minimum Gasteiger partial charge on any atom is -0.492 e. The molecule has 1 aromatic rings. The van der Waals surface area contributed by atoms with Crippen molar-refractivity contribution in [3.8, 4) is 5.75 Å². The first kappa shape index (κ1) is 21.2. The van der Waals surface area contributed by atoms with Crippen LogP contribution in [-0.2, 0) is 6.42 Å². The van der Waals surface area contributed by atoms with Crippen molar-refractivity contribution in [2.45, 2.75) is 33.6 Å². The van der Waals surface area contributed by atoms with Crippen LogP contribution in [0.3, 0.4) is 0 Å². The molecule has 0 atom stereocenters. The molecule has 128 valence electrons. The van der Waals surface area contributed by atoms with Gasteiger partial charge < -0.3 is 10.1 Å². The van der Waals surface area contributed by atoms with E-state index in [1.54, 1.807) is 0 Å². The maximum atomic E-state index is 5.75. The number of nitrogens with zero attached hydrogens (tertiary/aromatic N) is 1. The van der Waals surface area contributed by atoms with Gasteiger partial charge in [0.25, 0.3) is 0 Å². The van der Waals surface area contributed by atoms with Crippen LogP contribution in [0, 0.1) is 0 Å². The molecular formula is C18H33ClN2O. The van der Waals surface area contributed by atoms with Crippen LogP contribution in [0.4, 0.5) is 0 Å². The lowest BCUT2D eigenvalue weighted by Gasteiger charge is -2.26. The molecule has 1 saturated heterocycles. The second-order valence-electron chi connectivity index (χ2n) is 5.14. The molecule has 1 fully saturated rings. The number of nitrogens with one attached hydrogen (secondary N) is 1. The van der Waals surface area contributed by atoms with E-state index >= 15 is 0 Å². The van der Waals surface area contributed by atoms with E-state index in [9.17, 15) is 0 Å². The molecule has 0 aromatic heterocycles. The molecule has 0 aliphatic carbocycles. The van der Waals surface area contributed by atoms with E-state index in [0.29, 0.717) is 0 Å². The SMILES string of the molecule is CCC.CCc1ccc(OCCN2CCNCC2)cc1.CCl. The number of hydrogen-bond donors (Lipinski definition) is 1. The number of piperazine rings is 1. The normalized spacial score (nSPS) is 14.2. The summed E-state index contributed by atoms with van der Waals surface area (Å²) in [5, 5.41) is 3.35. The molecular weight excluding hydrogens is 296 g/mol. The summed E-state index contributed by atoms with van der Waals surface area (Å²) >= 11 is 4.64. The zero-order chi connectivity index (χ0) is 16.6. The summed E-state index contributed by atoms with van der Waals surface area (Å²) < 4.78 is 5.75. The van der Waals surface area contributed by atoms with E-state index in [-0.39, 0.29) is 0 Å². The lowest BCUT2D eigenvalue weighted by atomic mass is 10.2. The summed E-state index contributed by atoms with van der Waals surface area (Å²) in [6.07, 6.45) is 3.81. The quantitative estimate of drug-likeness (QED) is 0.832. The molecule has 22 heavy (non-hydrogen) atoms. The molecule has 1 aromatic carbocycles. The van der Waals surface area contributed by atoms with Gasteiger partial charge in [-0.15, -0.1) is 11.6 Å². The fraction of sp³-hybridized carbons (Fsp3) is 0.667. The highest BCUT2D eigenvalue weighted by Crippen LogP contribution is 2.12. The van der Waals surface area contributed by atoms with E-state index < -0.39 is 0 Å². The summed E-state index contributed by atoms with van der Waals surface area (Å²) in [6.45, 7) is 12.7. The number of alkyl halides is 1. The van der Waals surface area contributed by atoms with Crippen molar-refractivity contribution in [3.05, 3.63) is 29.8 Å². The Kier molecular flexibility index (Phi) is 14.6. The minimum atomic E-state index is 0.783. The summed E-state index contributed by atoms with van der Waals surface area (Å²) in [5.41, 5.74) is 1.36. The van der Waals surface area contributed by atoms with Crippen LogP contribution in [0.25, 0.3) is 0 Å². The average molecular weight is 329 g/mol. The van der Waals surface area contributed by atoms with Crippen molar-refractivity contribution in [2.75, 3.05) is 45.7 Å². The molecule has 1 heterocycles. The first-order valence-corrected chi connectivity index (χ1v) is 9.08. The predicted molar refractivity (Wildman–Crippen MR) is 98.4 cm³/mol. The van der Waals surface area contributed by atoms with E-state index in [1.165, 1.54) is 18.4 Å². The highest BCUT2D eigenvalue weighted by Gasteiger charge is 2.08. The highest BCUT2D eigenvalue weighted by molar-refractivity contribution is 6.15. The fourth-order valence-corrected chi connectivity index (χ4v) is 2.05. The van der Waals surface area contributed by atoms with Gasteiger partial charge in [-0.05, 0) is 24.1 Å². The van der Waals surface area contributed by atoms with Crippen molar-refractivity contribution < 1.29 is 4.74 Å². The van der Waals surface area contributed by atoms with E-state index in [0.717, 1.165) is 51.5 Å². The van der Waals surface area contributed by atoms with E-state index in [1.807, 2.05) is 0 Å². The molecule has 3 nitrogen and oxygen atoms in total. The molecule has 0 bridgehead atoms. The van der Waals surface area contributed by atoms with Gasteiger partial charge in [-0.3, -0.25) is 4.90 Å². The second kappa shape index (κ2) is 15.1. The third-order valence-electron chi connectivity index (χ3n) is 3.22. The Balaban J connectivity index is 0.000000789. The monoisotopic (exact) mass is 328 g/mol. The van der Waals surface area contributed by atoms with Gasteiger partial charge in [-0.1, -0.05) is 39.3 Å². The Bertz CT molecular complexity index is 337. The summed E-state index contributed by atoms with van der Waals surface area (Å²) in [5.74, 6) is 0.984. The van der Waals surface area contributed by atoms with Crippen LogP contribution in [0.15, 0.2) is 24.3 Å². The first-order valence-electron chi connectivity index (χ1n) is 8.32. The number of aryl methyl sites for hydroxylation is 1. The summed E-state index contributed by atoms with van der Waals surface area (Å²) in [4.78, 5) is 2.44. The molecule has 1 aliphatic rings. The molecule has 0 radical (unpaired) electrons. The molecule has 4 heteroatoms. The molecule has 0 amide bonds. The van der Waals surface area contributed by atoms with Crippen LogP contribution < -0.4 is 10.1 Å². The zero-order valence-electron chi connectivity index (χ0n) is 14.7. The highest BCUT2D eigenvalue weighted by atomic mass is 35.5. The van der Waals surface area contributed by atoms with E-state index in [4.69, 9.17) is 4.74 Å². The summed E-state index contributed by atoms with van der Waals surface area (Å²) in [7, 11) is 0. The molecule has 2 rings (SSSR count). The van der Waals surface area contributed by atoms with Gasteiger partial charge >= 0.3 is 0 Å². The Labute approximate surface area is 142 Å². The second-order valence-corrected chi connectivity index (χ2v) is 5.14. The van der Waals surface area contributed by atoms with Gasteiger partial charge in [-0.2, -0.15) is 0 Å². The van der Waals surface area contributed by atoms with Crippen LogP contribution in [0.2, 0.25) is 0 Å². The maximum absolute atomic E-state index is 5.75. The largest absolute Gasteiger partial charge is 0.492 e. The van der Waals surface area contributed by atoms with Crippen LogP contribution >= 0.6 is 11.6 Å². The van der Waals surface area contributed by atoms with Crippen molar-refractivity contribution in [3.63, 3.8) is 0 Å². The van der Waals surface area contributed by atoms with Gasteiger partial charge in [0, 0.05) is 39.1 Å². The number of benzene rings is 1. The van der Waals surface area contributed by atoms with Crippen molar-refractivity contribution in [2.24, 2.45) is 0 Å².